The fourth-order valence-corrected chi connectivity index (χ4v) is 2.23. The van der Waals surface area contributed by atoms with Crippen LogP contribution in [0.25, 0.3) is 0 Å². The molecule has 0 spiro atoms. The molecule has 0 aromatic carbocycles. The number of ether oxygens (including phenoxy) is 1. The van der Waals surface area contributed by atoms with Crippen molar-refractivity contribution in [3.63, 3.8) is 0 Å². The minimum atomic E-state index is -0.530. The summed E-state index contributed by atoms with van der Waals surface area (Å²) < 4.78 is 7.15. The van der Waals surface area contributed by atoms with Gasteiger partial charge in [0.25, 0.3) is 0 Å². The maximum absolute atomic E-state index is 11.8. The number of carbonyl (C=O) groups is 1. The molecule has 6 nitrogen and oxygen atoms in total. The number of aryl methyl sites for hydroxylation is 2. The summed E-state index contributed by atoms with van der Waals surface area (Å²) in [5.74, 6) is 0. The summed E-state index contributed by atoms with van der Waals surface area (Å²) in [4.78, 5) is 11.8. The summed E-state index contributed by atoms with van der Waals surface area (Å²) in [7, 11) is 0. The van der Waals surface area contributed by atoms with Crippen LogP contribution in [0.3, 0.4) is 0 Å². The zero-order valence-corrected chi connectivity index (χ0v) is 14.6. The van der Waals surface area contributed by atoms with Gasteiger partial charge in [0.1, 0.15) is 5.60 Å². The summed E-state index contributed by atoms with van der Waals surface area (Å²) in [6.45, 7) is 12.5. The van der Waals surface area contributed by atoms with Crippen LogP contribution in [0.4, 0.5) is 4.79 Å². The first-order valence-corrected chi connectivity index (χ1v) is 7.69. The van der Waals surface area contributed by atoms with Crippen molar-refractivity contribution in [2.75, 3.05) is 13.2 Å². The van der Waals surface area contributed by atoms with Gasteiger partial charge in [-0.25, -0.2) is 4.79 Å². The predicted molar refractivity (Wildman–Crippen MR) is 85.8 cm³/mol. The second-order valence-electron chi connectivity index (χ2n) is 7.09. The zero-order chi connectivity index (χ0) is 17.0. The van der Waals surface area contributed by atoms with Gasteiger partial charge in [-0.2, -0.15) is 5.10 Å². The molecule has 6 heteroatoms. The Bertz CT molecular complexity index is 505. The van der Waals surface area contributed by atoms with Gasteiger partial charge < -0.3 is 15.2 Å². The first-order chi connectivity index (χ1) is 10.1. The fourth-order valence-electron chi connectivity index (χ4n) is 2.23. The van der Waals surface area contributed by atoms with Gasteiger partial charge in [0.15, 0.2) is 0 Å². The molecule has 1 rings (SSSR count). The lowest BCUT2D eigenvalue weighted by Crippen LogP contribution is -2.42. The maximum Gasteiger partial charge on any atom is 0.407 e. The highest BCUT2D eigenvalue weighted by atomic mass is 16.6. The van der Waals surface area contributed by atoms with E-state index in [1.54, 1.807) is 0 Å². The number of hydrogen-bond acceptors (Lipinski definition) is 4. The van der Waals surface area contributed by atoms with Gasteiger partial charge in [0.05, 0.1) is 12.3 Å². The minimum Gasteiger partial charge on any atom is -0.444 e. The number of carbonyl (C=O) groups excluding carboxylic acids is 1. The highest BCUT2D eigenvalue weighted by molar-refractivity contribution is 5.67. The van der Waals surface area contributed by atoms with E-state index in [1.807, 2.05) is 52.3 Å². The Hall–Kier alpha value is -1.56. The van der Waals surface area contributed by atoms with E-state index in [2.05, 4.69) is 10.4 Å². The van der Waals surface area contributed by atoms with Crippen LogP contribution < -0.4 is 5.32 Å². The van der Waals surface area contributed by atoms with E-state index in [-0.39, 0.29) is 6.61 Å². The number of aromatic nitrogens is 2. The van der Waals surface area contributed by atoms with E-state index < -0.39 is 17.1 Å². The van der Waals surface area contributed by atoms with Crippen LogP contribution in [0.1, 0.15) is 46.0 Å². The van der Waals surface area contributed by atoms with Crippen molar-refractivity contribution in [2.24, 2.45) is 5.41 Å². The Morgan fingerprint density at radius 3 is 2.55 bits per heavy atom. The number of rotatable bonds is 6. The molecule has 0 aliphatic heterocycles. The topological polar surface area (TPSA) is 76.4 Å². The van der Waals surface area contributed by atoms with Crippen LogP contribution in [0.15, 0.2) is 6.07 Å². The molecule has 1 heterocycles. The summed E-state index contributed by atoms with van der Waals surface area (Å²) in [5.41, 5.74) is 1.02. The van der Waals surface area contributed by atoms with Crippen molar-refractivity contribution in [3.8, 4) is 0 Å². The lowest BCUT2D eigenvalue weighted by atomic mass is 9.86. The third-order valence-electron chi connectivity index (χ3n) is 3.33. The van der Waals surface area contributed by atoms with Gasteiger partial charge in [-0.3, -0.25) is 4.68 Å². The van der Waals surface area contributed by atoms with Crippen molar-refractivity contribution < 1.29 is 14.6 Å². The molecule has 0 saturated heterocycles. The SMILES string of the molecule is CCn1nc(C)cc1CC(C)(CO)CNC(=O)OC(C)(C)C. The quantitative estimate of drug-likeness (QED) is 0.845. The van der Waals surface area contributed by atoms with Crippen molar-refractivity contribution in [2.45, 2.75) is 60.1 Å². The van der Waals surface area contributed by atoms with Crippen LogP contribution >= 0.6 is 0 Å². The Kier molecular flexibility index (Phi) is 6.00. The third-order valence-corrected chi connectivity index (χ3v) is 3.33. The highest BCUT2D eigenvalue weighted by Gasteiger charge is 2.27. The molecule has 1 atom stereocenters. The number of aliphatic hydroxyl groups is 1. The summed E-state index contributed by atoms with van der Waals surface area (Å²) in [6, 6.07) is 2.02. The molecule has 0 aliphatic rings. The largest absolute Gasteiger partial charge is 0.444 e. The monoisotopic (exact) mass is 311 g/mol. The molecule has 22 heavy (non-hydrogen) atoms. The molecule has 0 aliphatic carbocycles. The number of hydrogen-bond donors (Lipinski definition) is 2. The van der Waals surface area contributed by atoms with Gasteiger partial charge in [0, 0.05) is 24.2 Å². The normalized spacial score (nSPS) is 14.5. The number of aliphatic hydroxyl groups excluding tert-OH is 1. The average Bonchev–Trinajstić information content (AvgIpc) is 2.74. The summed E-state index contributed by atoms with van der Waals surface area (Å²) in [5, 5.41) is 16.9. The minimum absolute atomic E-state index is 0.0310. The number of nitrogens with one attached hydrogen (secondary N) is 1. The van der Waals surface area contributed by atoms with Crippen LogP contribution in [0.5, 0.6) is 0 Å². The second-order valence-corrected chi connectivity index (χ2v) is 7.09. The van der Waals surface area contributed by atoms with E-state index in [0.717, 1.165) is 17.9 Å². The summed E-state index contributed by atoms with van der Waals surface area (Å²) >= 11 is 0. The molecule has 1 amide bonds. The number of amides is 1. The molecule has 0 fully saturated rings. The molecule has 126 valence electrons. The molecule has 1 unspecified atom stereocenters. The standard InChI is InChI=1S/C16H29N3O3/c1-7-19-13(8-12(2)18-19)9-16(6,11-20)10-17-14(21)22-15(3,4)5/h8,20H,7,9-11H2,1-6H3,(H,17,21). The van der Waals surface area contributed by atoms with Gasteiger partial charge in [-0.1, -0.05) is 6.92 Å². The van der Waals surface area contributed by atoms with Gasteiger partial charge in [-0.15, -0.1) is 0 Å². The highest BCUT2D eigenvalue weighted by Crippen LogP contribution is 2.22. The van der Waals surface area contributed by atoms with Crippen LogP contribution in [0, 0.1) is 12.3 Å². The lowest BCUT2D eigenvalue weighted by Gasteiger charge is -2.28. The average molecular weight is 311 g/mol. The fraction of sp³-hybridized carbons (Fsp3) is 0.750. The van der Waals surface area contributed by atoms with Crippen LogP contribution in [-0.2, 0) is 17.7 Å². The van der Waals surface area contributed by atoms with E-state index in [4.69, 9.17) is 4.74 Å². The van der Waals surface area contributed by atoms with E-state index in [0.29, 0.717) is 13.0 Å². The zero-order valence-electron chi connectivity index (χ0n) is 14.6. The molecule has 1 aromatic rings. The van der Waals surface area contributed by atoms with Gasteiger partial charge in [-0.05, 0) is 47.1 Å². The Labute approximate surface area is 132 Å². The van der Waals surface area contributed by atoms with Crippen LogP contribution in [0.2, 0.25) is 0 Å². The van der Waals surface area contributed by atoms with Crippen molar-refractivity contribution in [1.29, 1.82) is 0 Å². The van der Waals surface area contributed by atoms with E-state index in [1.165, 1.54) is 0 Å². The molecule has 0 radical (unpaired) electrons. The lowest BCUT2D eigenvalue weighted by molar-refractivity contribution is 0.0477. The van der Waals surface area contributed by atoms with Crippen molar-refractivity contribution in [3.05, 3.63) is 17.5 Å². The molecular formula is C16H29N3O3. The van der Waals surface area contributed by atoms with E-state index >= 15 is 0 Å². The Morgan fingerprint density at radius 1 is 1.41 bits per heavy atom. The molecule has 1 aromatic heterocycles. The Balaban J connectivity index is 2.69. The number of alkyl carbamates (subject to hydrolysis) is 1. The summed E-state index contributed by atoms with van der Waals surface area (Å²) in [6.07, 6.45) is 0.168. The third kappa shape index (κ3) is 5.67. The van der Waals surface area contributed by atoms with Crippen LogP contribution in [-0.4, -0.2) is 39.7 Å². The molecule has 0 saturated carbocycles. The van der Waals surface area contributed by atoms with Crippen molar-refractivity contribution >= 4 is 6.09 Å². The second kappa shape index (κ2) is 7.13. The van der Waals surface area contributed by atoms with Gasteiger partial charge >= 0.3 is 6.09 Å². The maximum atomic E-state index is 11.8. The predicted octanol–water partition coefficient (Wildman–Crippen LogP) is 2.28. The number of nitrogens with zero attached hydrogens (tertiary/aromatic N) is 2. The molecular weight excluding hydrogens is 282 g/mol. The smallest absolute Gasteiger partial charge is 0.407 e. The van der Waals surface area contributed by atoms with Gasteiger partial charge in [0.2, 0.25) is 0 Å². The van der Waals surface area contributed by atoms with E-state index in [9.17, 15) is 9.90 Å². The molecule has 2 N–H and O–H groups in total. The first-order valence-electron chi connectivity index (χ1n) is 7.69. The molecule has 0 bridgehead atoms. The Morgan fingerprint density at radius 2 is 2.05 bits per heavy atom. The van der Waals surface area contributed by atoms with Crippen molar-refractivity contribution in [1.82, 2.24) is 15.1 Å². The first kappa shape index (κ1) is 18.5.